The Balaban J connectivity index is 3.17. The smallest absolute Gasteiger partial charge is 0.315 e. The molecule has 1 aliphatic rings. The first kappa shape index (κ1) is 19.9. The first-order chi connectivity index (χ1) is 10.5. The van der Waals surface area contributed by atoms with Gasteiger partial charge in [0.05, 0.1) is 6.42 Å². The highest BCUT2D eigenvalue weighted by atomic mass is 16.5. The first-order valence-electron chi connectivity index (χ1n) is 8.42. The molecule has 0 heterocycles. The van der Waals surface area contributed by atoms with Crippen molar-refractivity contribution < 1.29 is 30.0 Å². The minimum Gasteiger partial charge on any atom is -0.481 e. The van der Waals surface area contributed by atoms with E-state index in [2.05, 4.69) is 0 Å². The van der Waals surface area contributed by atoms with Gasteiger partial charge in [-0.1, -0.05) is 46.0 Å². The molecule has 6 heteroatoms. The van der Waals surface area contributed by atoms with Crippen LogP contribution in [0.15, 0.2) is 0 Å². The molecular formula is C17H30O6. The van der Waals surface area contributed by atoms with Crippen LogP contribution in [0.25, 0.3) is 0 Å². The van der Waals surface area contributed by atoms with Crippen LogP contribution in [-0.4, -0.2) is 38.2 Å². The number of carboxylic acids is 2. The average molecular weight is 330 g/mol. The predicted molar refractivity (Wildman–Crippen MR) is 84.8 cm³/mol. The fourth-order valence-corrected chi connectivity index (χ4v) is 3.77. The fraction of sp³-hybridized carbons (Fsp3) is 0.882. The summed E-state index contributed by atoms with van der Waals surface area (Å²) < 4.78 is 0. The van der Waals surface area contributed by atoms with Gasteiger partial charge in [0.15, 0.2) is 5.79 Å². The number of aliphatic hydroxyl groups is 2. The van der Waals surface area contributed by atoms with Gasteiger partial charge in [0, 0.05) is 6.42 Å². The van der Waals surface area contributed by atoms with Gasteiger partial charge < -0.3 is 20.4 Å². The lowest BCUT2D eigenvalue weighted by Crippen LogP contribution is -2.55. The Hall–Kier alpha value is -1.14. The van der Waals surface area contributed by atoms with Gasteiger partial charge in [-0.2, -0.15) is 0 Å². The highest BCUT2D eigenvalue weighted by Crippen LogP contribution is 2.49. The number of aliphatic carboxylic acids is 2. The molecule has 1 aliphatic carbocycles. The standard InChI is InChI=1S/C17H30O6/c1-15(2)9-6-4-3-5-7-10-16(12-15,14(20)21)17(22,23)11-8-13(18)19/h22-23H,3-12H2,1-2H3,(H,18,19)(H,20,21). The van der Waals surface area contributed by atoms with E-state index in [1.54, 1.807) is 0 Å². The summed E-state index contributed by atoms with van der Waals surface area (Å²) in [6.07, 6.45) is 4.69. The maximum Gasteiger partial charge on any atom is 0.315 e. The summed E-state index contributed by atoms with van der Waals surface area (Å²) in [6.45, 7) is 3.89. The zero-order chi connectivity index (χ0) is 17.7. The van der Waals surface area contributed by atoms with E-state index in [0.717, 1.165) is 32.1 Å². The highest BCUT2D eigenvalue weighted by Gasteiger charge is 2.56. The molecule has 0 bridgehead atoms. The summed E-state index contributed by atoms with van der Waals surface area (Å²) in [5.41, 5.74) is -2.08. The third-order valence-electron chi connectivity index (χ3n) is 5.10. The van der Waals surface area contributed by atoms with E-state index < -0.39 is 36.0 Å². The van der Waals surface area contributed by atoms with Gasteiger partial charge >= 0.3 is 11.9 Å². The number of hydrogen-bond donors (Lipinski definition) is 4. The van der Waals surface area contributed by atoms with Crippen LogP contribution in [0.1, 0.15) is 78.1 Å². The molecule has 134 valence electrons. The van der Waals surface area contributed by atoms with Crippen LogP contribution in [0.5, 0.6) is 0 Å². The maximum absolute atomic E-state index is 12.1. The Bertz CT molecular complexity index is 429. The zero-order valence-corrected chi connectivity index (χ0v) is 14.2. The molecule has 0 saturated heterocycles. The van der Waals surface area contributed by atoms with Gasteiger partial charge in [0.25, 0.3) is 0 Å². The van der Waals surface area contributed by atoms with Crippen molar-refractivity contribution in [3.05, 3.63) is 0 Å². The zero-order valence-electron chi connectivity index (χ0n) is 14.2. The molecule has 1 fully saturated rings. The number of carbonyl (C=O) groups is 2. The van der Waals surface area contributed by atoms with Crippen molar-refractivity contribution in [3.63, 3.8) is 0 Å². The molecule has 0 spiro atoms. The van der Waals surface area contributed by atoms with Crippen LogP contribution in [0.2, 0.25) is 0 Å². The van der Waals surface area contributed by atoms with Crippen LogP contribution in [0, 0.1) is 10.8 Å². The second-order valence-electron chi connectivity index (χ2n) is 7.71. The van der Waals surface area contributed by atoms with Crippen molar-refractivity contribution in [2.45, 2.75) is 83.8 Å². The maximum atomic E-state index is 12.1. The number of carboxylic acid groups (broad SMARTS) is 2. The molecule has 4 N–H and O–H groups in total. The second kappa shape index (κ2) is 7.62. The SMILES string of the molecule is CC1(C)CCCCCCCC(C(=O)O)(C(O)(O)CCC(=O)O)C1. The second-order valence-corrected chi connectivity index (χ2v) is 7.71. The van der Waals surface area contributed by atoms with Gasteiger partial charge in [-0.25, -0.2) is 0 Å². The summed E-state index contributed by atoms with van der Waals surface area (Å²) in [4.78, 5) is 22.8. The van der Waals surface area contributed by atoms with Gasteiger partial charge in [-0.3, -0.25) is 9.59 Å². The van der Waals surface area contributed by atoms with Crippen molar-refractivity contribution in [1.29, 1.82) is 0 Å². The molecule has 0 amide bonds. The predicted octanol–water partition coefficient (Wildman–Crippen LogP) is 2.76. The summed E-state index contributed by atoms with van der Waals surface area (Å²) in [7, 11) is 0. The van der Waals surface area contributed by atoms with Crippen LogP contribution in [0.4, 0.5) is 0 Å². The van der Waals surface area contributed by atoms with Gasteiger partial charge in [0.2, 0.25) is 0 Å². The normalized spacial score (nSPS) is 26.4. The summed E-state index contributed by atoms with van der Waals surface area (Å²) in [5, 5.41) is 39.7. The summed E-state index contributed by atoms with van der Waals surface area (Å²) >= 11 is 0. The first-order valence-corrected chi connectivity index (χ1v) is 8.42. The van der Waals surface area contributed by atoms with E-state index in [1.807, 2.05) is 13.8 Å². The van der Waals surface area contributed by atoms with Crippen LogP contribution < -0.4 is 0 Å². The Labute approximate surface area is 137 Å². The van der Waals surface area contributed by atoms with E-state index in [4.69, 9.17) is 5.11 Å². The molecule has 0 aromatic heterocycles. The lowest BCUT2D eigenvalue weighted by Gasteiger charge is -2.45. The Morgan fingerprint density at radius 3 is 2.00 bits per heavy atom. The molecule has 0 aliphatic heterocycles. The van der Waals surface area contributed by atoms with Crippen LogP contribution in [0.3, 0.4) is 0 Å². The number of hydrogen-bond acceptors (Lipinski definition) is 4. The third-order valence-corrected chi connectivity index (χ3v) is 5.10. The van der Waals surface area contributed by atoms with Gasteiger partial charge in [-0.05, 0) is 24.7 Å². The van der Waals surface area contributed by atoms with Crippen molar-refractivity contribution >= 4 is 11.9 Å². The van der Waals surface area contributed by atoms with Gasteiger partial charge in [0.1, 0.15) is 5.41 Å². The molecule has 0 radical (unpaired) electrons. The lowest BCUT2D eigenvalue weighted by atomic mass is 9.63. The minimum atomic E-state index is -2.53. The van der Waals surface area contributed by atoms with E-state index in [9.17, 15) is 24.9 Å². The minimum absolute atomic E-state index is 0.127. The average Bonchev–Trinajstić information content (AvgIpc) is 2.42. The molecular weight excluding hydrogens is 300 g/mol. The van der Waals surface area contributed by atoms with Crippen molar-refractivity contribution in [2.75, 3.05) is 0 Å². The molecule has 23 heavy (non-hydrogen) atoms. The molecule has 6 nitrogen and oxygen atoms in total. The molecule has 0 aromatic carbocycles. The van der Waals surface area contributed by atoms with E-state index in [-0.39, 0.29) is 18.3 Å². The molecule has 1 rings (SSSR count). The van der Waals surface area contributed by atoms with Crippen molar-refractivity contribution in [3.8, 4) is 0 Å². The van der Waals surface area contributed by atoms with Crippen LogP contribution in [-0.2, 0) is 9.59 Å². The van der Waals surface area contributed by atoms with Crippen molar-refractivity contribution in [2.24, 2.45) is 10.8 Å². The monoisotopic (exact) mass is 330 g/mol. The summed E-state index contributed by atoms with van der Waals surface area (Å²) in [6, 6.07) is 0. The Morgan fingerprint density at radius 1 is 0.957 bits per heavy atom. The van der Waals surface area contributed by atoms with Crippen LogP contribution >= 0.6 is 0 Å². The topological polar surface area (TPSA) is 115 Å². The number of rotatable bonds is 5. The quantitative estimate of drug-likeness (QED) is 0.576. The van der Waals surface area contributed by atoms with E-state index >= 15 is 0 Å². The largest absolute Gasteiger partial charge is 0.481 e. The third kappa shape index (κ3) is 5.18. The Morgan fingerprint density at radius 2 is 1.48 bits per heavy atom. The van der Waals surface area contributed by atoms with E-state index in [1.165, 1.54) is 0 Å². The highest BCUT2D eigenvalue weighted by molar-refractivity contribution is 5.76. The molecule has 0 aromatic rings. The molecule has 1 unspecified atom stereocenters. The molecule has 1 saturated carbocycles. The lowest BCUT2D eigenvalue weighted by molar-refractivity contribution is -0.260. The Kier molecular flexibility index (Phi) is 6.59. The molecule has 1 atom stereocenters. The summed E-state index contributed by atoms with van der Waals surface area (Å²) in [5.74, 6) is -4.95. The van der Waals surface area contributed by atoms with E-state index in [0.29, 0.717) is 6.42 Å². The fourth-order valence-electron chi connectivity index (χ4n) is 3.77. The van der Waals surface area contributed by atoms with Gasteiger partial charge in [-0.15, -0.1) is 0 Å². The van der Waals surface area contributed by atoms with Crippen molar-refractivity contribution in [1.82, 2.24) is 0 Å².